The van der Waals surface area contributed by atoms with Crippen LogP contribution in [0, 0.1) is 6.92 Å². The minimum absolute atomic E-state index is 0.311. The fourth-order valence-corrected chi connectivity index (χ4v) is 1.45. The summed E-state index contributed by atoms with van der Waals surface area (Å²) in [5, 5.41) is 0. The van der Waals surface area contributed by atoms with Gasteiger partial charge < -0.3 is 4.90 Å². The van der Waals surface area contributed by atoms with Crippen molar-refractivity contribution in [3.05, 3.63) is 29.6 Å². The first kappa shape index (κ1) is 13.1. The average molecular weight is 225 g/mol. The first-order valence-corrected chi connectivity index (χ1v) is 5.64. The number of nitrogens with zero attached hydrogens (tertiary/aromatic N) is 2. The molecule has 1 aromatic heterocycles. The predicted octanol–water partition coefficient (Wildman–Crippen LogP) is 2.25. The molecule has 0 fully saturated rings. The molecule has 16 heavy (non-hydrogen) atoms. The van der Waals surface area contributed by atoms with Gasteiger partial charge in [0.25, 0.3) is 0 Å². The second kappa shape index (κ2) is 6.55. The van der Waals surface area contributed by atoms with Gasteiger partial charge in [-0.25, -0.2) is 0 Å². The van der Waals surface area contributed by atoms with Crippen LogP contribution in [-0.2, 0) is 0 Å². The average Bonchev–Trinajstić information content (AvgIpc) is 2.31. The molecule has 90 valence electrons. The summed E-state index contributed by atoms with van der Waals surface area (Å²) in [7, 11) is 2.03. The van der Waals surface area contributed by atoms with E-state index in [2.05, 4.69) is 16.8 Å². The largest absolute Gasteiger partial charge is 0.307 e. The molecule has 0 saturated heterocycles. The van der Waals surface area contributed by atoms with Crippen molar-refractivity contribution in [2.24, 2.45) is 0 Å². The summed E-state index contributed by atoms with van der Waals surface area (Å²) in [6.45, 7) is 5.88. The van der Waals surface area contributed by atoms with Crippen molar-refractivity contribution in [1.29, 1.82) is 0 Å². The van der Waals surface area contributed by atoms with Gasteiger partial charge in [0.15, 0.2) is 0 Å². The number of hydrogen-bond acceptors (Lipinski definition) is 3. The van der Waals surface area contributed by atoms with E-state index in [0.717, 1.165) is 30.8 Å². The summed E-state index contributed by atoms with van der Waals surface area (Å²) >= 11 is 0. The van der Waals surface area contributed by atoms with Crippen LogP contribution in [0.5, 0.6) is 0 Å². The summed E-state index contributed by atoms with van der Waals surface area (Å²) in [5.74, 6) is 0. The van der Waals surface area contributed by atoms with Crippen molar-refractivity contribution in [2.45, 2.75) is 26.3 Å². The van der Waals surface area contributed by atoms with Gasteiger partial charge in [-0.15, -0.1) is 4.48 Å². The highest BCUT2D eigenvalue weighted by Gasteiger charge is 2.12. The molecule has 1 unspecified atom stereocenters. The maximum absolute atomic E-state index is 12.7. The highest BCUT2D eigenvalue weighted by atomic mass is 19.2. The third kappa shape index (κ3) is 3.87. The normalized spacial score (nSPS) is 13.1. The second-order valence-corrected chi connectivity index (χ2v) is 4.11. The molecule has 0 aliphatic heterocycles. The van der Waals surface area contributed by atoms with Crippen LogP contribution in [0.2, 0.25) is 0 Å². The lowest BCUT2D eigenvalue weighted by Crippen LogP contribution is -2.24. The van der Waals surface area contributed by atoms with Crippen molar-refractivity contribution in [1.82, 2.24) is 15.4 Å². The van der Waals surface area contributed by atoms with Gasteiger partial charge in [0.05, 0.1) is 11.7 Å². The molecule has 0 aliphatic rings. The Bertz CT molecular complexity index is 300. The Morgan fingerprint density at radius 1 is 1.50 bits per heavy atom. The maximum Gasteiger partial charge on any atom is 0.0805 e. The number of pyridine rings is 1. The molecule has 1 N–H and O–H groups in total. The van der Waals surface area contributed by atoms with E-state index in [-0.39, 0.29) is 6.04 Å². The molecular weight excluding hydrogens is 205 g/mol. The summed E-state index contributed by atoms with van der Waals surface area (Å²) in [6.07, 6.45) is 2.49. The minimum Gasteiger partial charge on any atom is -0.307 e. The quantitative estimate of drug-likeness (QED) is 0.753. The number of nitrogens with one attached hydrogen (secondary N) is 1. The zero-order valence-electron chi connectivity index (χ0n) is 10.2. The van der Waals surface area contributed by atoms with E-state index in [1.807, 2.05) is 31.6 Å². The van der Waals surface area contributed by atoms with E-state index in [0.29, 0.717) is 0 Å². The van der Waals surface area contributed by atoms with Crippen molar-refractivity contribution < 1.29 is 4.48 Å². The molecule has 1 aromatic rings. The number of aryl methyl sites for hydroxylation is 1. The van der Waals surface area contributed by atoms with Crippen molar-refractivity contribution in [3.8, 4) is 0 Å². The highest BCUT2D eigenvalue weighted by Crippen LogP contribution is 2.15. The van der Waals surface area contributed by atoms with Crippen LogP contribution < -0.4 is 5.54 Å². The Morgan fingerprint density at radius 2 is 2.25 bits per heavy atom. The van der Waals surface area contributed by atoms with E-state index >= 15 is 0 Å². The fraction of sp³-hybridized carbons (Fsp3) is 0.583. The van der Waals surface area contributed by atoms with Crippen molar-refractivity contribution in [3.63, 3.8) is 0 Å². The lowest BCUT2D eigenvalue weighted by molar-refractivity contribution is 0.234. The van der Waals surface area contributed by atoms with Crippen LogP contribution in [0.4, 0.5) is 4.48 Å². The lowest BCUT2D eigenvalue weighted by Gasteiger charge is -2.18. The number of hydrogen-bond donors (Lipinski definition) is 1. The zero-order chi connectivity index (χ0) is 12.0. The van der Waals surface area contributed by atoms with Crippen LogP contribution in [0.25, 0.3) is 0 Å². The Hall–Kier alpha value is -1.00. The highest BCUT2D eigenvalue weighted by molar-refractivity contribution is 5.14. The van der Waals surface area contributed by atoms with Crippen LogP contribution in [-0.4, -0.2) is 30.0 Å². The fourth-order valence-electron chi connectivity index (χ4n) is 1.45. The number of aromatic nitrogens is 1. The molecule has 4 heteroatoms. The van der Waals surface area contributed by atoms with Gasteiger partial charge in [-0.3, -0.25) is 4.98 Å². The smallest absolute Gasteiger partial charge is 0.0805 e. The van der Waals surface area contributed by atoms with E-state index in [1.165, 1.54) is 0 Å². The Morgan fingerprint density at radius 3 is 2.75 bits per heavy atom. The summed E-state index contributed by atoms with van der Waals surface area (Å²) in [6, 6.07) is 3.52. The van der Waals surface area contributed by atoms with Gasteiger partial charge in [0.1, 0.15) is 0 Å². The molecule has 0 spiro atoms. The molecule has 1 atom stereocenters. The van der Waals surface area contributed by atoms with Gasteiger partial charge in [-0.05, 0) is 45.1 Å². The van der Waals surface area contributed by atoms with E-state index in [1.54, 1.807) is 6.20 Å². The SMILES string of the molecule is CCN(C)CCC(NF)c1ccc(C)cn1. The first-order chi connectivity index (χ1) is 7.67. The monoisotopic (exact) mass is 225 g/mol. The van der Waals surface area contributed by atoms with Crippen LogP contribution in [0.15, 0.2) is 18.3 Å². The van der Waals surface area contributed by atoms with Crippen molar-refractivity contribution >= 4 is 0 Å². The molecule has 0 amide bonds. The zero-order valence-corrected chi connectivity index (χ0v) is 10.2. The summed E-state index contributed by atoms with van der Waals surface area (Å²) in [5.41, 5.74) is 3.68. The van der Waals surface area contributed by atoms with Crippen LogP contribution in [0.1, 0.15) is 30.6 Å². The summed E-state index contributed by atoms with van der Waals surface area (Å²) < 4.78 is 12.7. The van der Waals surface area contributed by atoms with E-state index in [4.69, 9.17) is 0 Å². The van der Waals surface area contributed by atoms with Crippen LogP contribution in [0.3, 0.4) is 0 Å². The standard InChI is InChI=1S/C12H20FN3/c1-4-16(3)8-7-12(15-13)11-6-5-10(2)9-14-11/h5-6,9,12,15H,4,7-8H2,1-3H3. The molecule has 0 saturated carbocycles. The Kier molecular flexibility index (Phi) is 5.35. The van der Waals surface area contributed by atoms with Crippen LogP contribution >= 0.6 is 0 Å². The van der Waals surface area contributed by atoms with Crippen molar-refractivity contribution in [2.75, 3.05) is 20.1 Å². The maximum atomic E-state index is 12.7. The first-order valence-electron chi connectivity index (χ1n) is 5.64. The van der Waals surface area contributed by atoms with Gasteiger partial charge in [0.2, 0.25) is 0 Å². The molecule has 0 aromatic carbocycles. The van der Waals surface area contributed by atoms with Gasteiger partial charge in [-0.2, -0.15) is 5.54 Å². The minimum atomic E-state index is -0.311. The molecule has 1 rings (SSSR count). The van der Waals surface area contributed by atoms with Gasteiger partial charge in [-0.1, -0.05) is 13.0 Å². The lowest BCUT2D eigenvalue weighted by atomic mass is 10.1. The topological polar surface area (TPSA) is 28.2 Å². The third-order valence-electron chi connectivity index (χ3n) is 2.76. The molecular formula is C12H20FN3. The Labute approximate surface area is 96.6 Å². The van der Waals surface area contributed by atoms with Gasteiger partial charge in [0, 0.05) is 6.20 Å². The number of rotatable bonds is 6. The molecule has 0 radical (unpaired) electrons. The van der Waals surface area contributed by atoms with E-state index < -0.39 is 0 Å². The number of halogens is 1. The van der Waals surface area contributed by atoms with Gasteiger partial charge >= 0.3 is 0 Å². The third-order valence-corrected chi connectivity index (χ3v) is 2.76. The molecule has 1 heterocycles. The molecule has 0 aliphatic carbocycles. The Balaban J connectivity index is 2.57. The van der Waals surface area contributed by atoms with E-state index in [9.17, 15) is 4.48 Å². The predicted molar refractivity (Wildman–Crippen MR) is 63.7 cm³/mol. The second-order valence-electron chi connectivity index (χ2n) is 4.11. The molecule has 0 bridgehead atoms. The summed E-state index contributed by atoms with van der Waals surface area (Å²) in [4.78, 5) is 6.38. The molecule has 3 nitrogen and oxygen atoms in total.